The number of fused-ring (bicyclic) bond motifs is 18. The maximum absolute atomic E-state index is 5.79. The van der Waals surface area contributed by atoms with Crippen molar-refractivity contribution >= 4 is 65.4 Å². The van der Waals surface area contributed by atoms with Crippen molar-refractivity contribution in [3.05, 3.63) is 343 Å². The van der Waals surface area contributed by atoms with E-state index in [0.717, 1.165) is 77.5 Å². The first-order chi connectivity index (χ1) is 49.8. The molecule has 21 rings (SSSR count). The Bertz CT molecular complexity index is 6430. The summed E-state index contributed by atoms with van der Waals surface area (Å²) in [6, 6.07) is 115. The zero-order valence-corrected chi connectivity index (χ0v) is 57.7. The molecule has 14 aromatic carbocycles. The van der Waals surface area contributed by atoms with E-state index >= 15 is 0 Å². The van der Waals surface area contributed by atoms with E-state index in [1.54, 1.807) is 0 Å². The Morgan fingerprint density at radius 1 is 0.216 bits per heavy atom. The number of hydrogen-bond donors (Lipinski definition) is 0. The van der Waals surface area contributed by atoms with Gasteiger partial charge in [0.15, 0.2) is 0 Å². The molecule has 0 bridgehead atoms. The molecule has 0 saturated carbocycles. The average molecular weight is 1300 g/mol. The maximum atomic E-state index is 5.79. The maximum Gasteiger partial charge on any atom is 0.237 e. The van der Waals surface area contributed by atoms with E-state index in [1.807, 2.05) is 0 Å². The second kappa shape index (κ2) is 21.3. The van der Waals surface area contributed by atoms with Gasteiger partial charge in [-0.25, -0.2) is 4.98 Å². The van der Waals surface area contributed by atoms with Gasteiger partial charge in [-0.05, 0) is 202 Å². The van der Waals surface area contributed by atoms with Crippen LogP contribution < -0.4 is 0 Å². The quantitative estimate of drug-likeness (QED) is 0.152. The van der Waals surface area contributed by atoms with Crippen molar-refractivity contribution in [2.75, 3.05) is 0 Å². The van der Waals surface area contributed by atoms with Gasteiger partial charge in [-0.1, -0.05) is 254 Å². The monoisotopic (exact) mass is 1300 g/mol. The van der Waals surface area contributed by atoms with Crippen LogP contribution in [0.4, 0.5) is 0 Å². The zero-order valence-electron chi connectivity index (χ0n) is 57.7. The highest BCUT2D eigenvalue weighted by Crippen LogP contribution is 2.54. The van der Waals surface area contributed by atoms with Gasteiger partial charge in [0.2, 0.25) is 5.95 Å². The Balaban J connectivity index is 0.712. The lowest BCUT2D eigenvalue weighted by Crippen LogP contribution is -2.14. The average Bonchev–Trinajstić information content (AvgIpc) is 1.63. The van der Waals surface area contributed by atoms with Gasteiger partial charge in [0.25, 0.3) is 0 Å². The molecule has 0 amide bonds. The van der Waals surface area contributed by atoms with E-state index in [9.17, 15) is 0 Å². The molecule has 0 unspecified atom stereocenters. The highest BCUT2D eigenvalue weighted by Gasteiger charge is 2.38. The van der Waals surface area contributed by atoms with Gasteiger partial charge in [-0.2, -0.15) is 4.98 Å². The van der Waals surface area contributed by atoms with Crippen LogP contribution in [0.1, 0.15) is 74.9 Å². The van der Waals surface area contributed by atoms with E-state index in [2.05, 4.69) is 365 Å². The van der Waals surface area contributed by atoms with Crippen LogP contribution in [-0.2, 0) is 16.2 Å². The van der Waals surface area contributed by atoms with Crippen LogP contribution in [-0.4, -0.2) is 23.7 Å². The molecule has 0 N–H and O–H groups in total. The zero-order chi connectivity index (χ0) is 68.1. The summed E-state index contributed by atoms with van der Waals surface area (Å²) < 4.78 is 7.08. The van der Waals surface area contributed by atoms with Crippen LogP contribution in [0.3, 0.4) is 0 Å². The minimum Gasteiger partial charge on any atom is -0.309 e. The largest absolute Gasteiger partial charge is 0.309 e. The normalized spacial score (nSPS) is 14.2. The van der Waals surface area contributed by atoms with Crippen molar-refractivity contribution in [3.63, 3.8) is 0 Å². The van der Waals surface area contributed by atoms with Gasteiger partial charge in [0, 0.05) is 65.9 Å². The van der Waals surface area contributed by atoms with E-state index in [1.165, 1.54) is 122 Å². The van der Waals surface area contributed by atoms with Crippen molar-refractivity contribution in [1.82, 2.24) is 23.7 Å². The Kier molecular flexibility index (Phi) is 12.2. The highest BCUT2D eigenvalue weighted by molar-refractivity contribution is 6.13. The lowest BCUT2D eigenvalue weighted by molar-refractivity contribution is 0.660. The molecule has 0 radical (unpaired) electrons. The number of para-hydroxylation sites is 3. The van der Waals surface area contributed by atoms with Crippen LogP contribution in [0, 0.1) is 0 Å². The SMILES string of the molecule is CC1(C)c2ccccc2-c2cc(-c3ccc4c(c3)c3ccccc3n4-c3cccc(-c4cccc(-c5cc(-n6c7ccccc7c7cc(-c8ccc9c(c8)-c8ccccc8C9(C)C)ccc76)nc(-n6c7ccccc7c7cc(-c8ccc9c(c8)-c8ccccc8C9(C)C)ccc76)n5)c4)c3)ccc21. The molecule has 4 heterocycles. The third-order valence-corrected chi connectivity index (χ3v) is 23.5. The predicted octanol–water partition coefficient (Wildman–Crippen LogP) is 25.0. The van der Waals surface area contributed by atoms with Gasteiger partial charge in [-0.3, -0.25) is 9.13 Å². The van der Waals surface area contributed by atoms with Crippen molar-refractivity contribution in [2.24, 2.45) is 0 Å². The first kappa shape index (κ1) is 58.5. The standard InChI is InChI=1S/C97H69N5/c1-95(2)80-31-13-7-25-68(80)74-51-60(37-43-83(74)95)63-40-46-90-77(54-63)71-28-10-16-34-87(71)100(90)67-24-20-22-59(50-67)58-21-19-23-66(49-58)86-57-93(101-88-35-17-11-29-72(88)78-55-64(41-47-91(78)101)61-38-44-84-75(52-61)69-26-8-14-32-81(69)96(84,3)4)99-94(98-86)102-89-36-18-12-30-73(89)79-56-65(42-48-92(79)102)62-39-45-85-76(53-62)70-27-9-15-33-82(70)97(85,5)6/h7-57H,1-6H3. The van der Waals surface area contributed by atoms with Crippen molar-refractivity contribution < 1.29 is 0 Å². The van der Waals surface area contributed by atoms with Gasteiger partial charge in [-0.15, -0.1) is 0 Å². The molecule has 3 aliphatic rings. The van der Waals surface area contributed by atoms with Crippen LogP contribution in [0.25, 0.3) is 172 Å². The fourth-order valence-electron chi connectivity index (χ4n) is 18.4. The second-order valence-electron chi connectivity index (χ2n) is 30.1. The first-order valence-corrected chi connectivity index (χ1v) is 35.8. The Hall–Kier alpha value is -12.4. The van der Waals surface area contributed by atoms with Crippen LogP contribution in [0.2, 0.25) is 0 Å². The number of hydrogen-bond acceptors (Lipinski definition) is 2. The summed E-state index contributed by atoms with van der Waals surface area (Å²) >= 11 is 0. The molecule has 482 valence electrons. The van der Waals surface area contributed by atoms with Crippen LogP contribution in [0.5, 0.6) is 0 Å². The Morgan fingerprint density at radius 2 is 0.549 bits per heavy atom. The Morgan fingerprint density at radius 3 is 1.03 bits per heavy atom. The summed E-state index contributed by atoms with van der Waals surface area (Å²) in [5.74, 6) is 1.37. The van der Waals surface area contributed by atoms with E-state index in [-0.39, 0.29) is 16.2 Å². The molecule has 4 aromatic heterocycles. The second-order valence-corrected chi connectivity index (χ2v) is 30.1. The number of nitrogens with zero attached hydrogens (tertiary/aromatic N) is 5. The number of aromatic nitrogens is 5. The molecule has 3 aliphatic carbocycles. The summed E-state index contributed by atoms with van der Waals surface area (Å²) in [4.78, 5) is 11.5. The Labute approximate surface area is 592 Å². The van der Waals surface area contributed by atoms with Crippen molar-refractivity contribution in [2.45, 2.75) is 57.8 Å². The summed E-state index contributed by atoms with van der Waals surface area (Å²) in [5, 5.41) is 7.05. The third kappa shape index (κ3) is 8.39. The molecular formula is C97H69N5. The molecule has 5 nitrogen and oxygen atoms in total. The number of rotatable bonds is 8. The van der Waals surface area contributed by atoms with Gasteiger partial charge in [0.05, 0.1) is 38.8 Å². The number of benzene rings is 14. The van der Waals surface area contributed by atoms with Gasteiger partial charge in [0.1, 0.15) is 5.82 Å². The molecule has 18 aromatic rings. The summed E-state index contributed by atoms with van der Waals surface area (Å²) in [5.41, 5.74) is 34.8. The molecule has 102 heavy (non-hydrogen) atoms. The fourth-order valence-corrected chi connectivity index (χ4v) is 18.4. The van der Waals surface area contributed by atoms with E-state index in [0.29, 0.717) is 5.95 Å². The van der Waals surface area contributed by atoms with Gasteiger partial charge >= 0.3 is 0 Å². The molecule has 0 atom stereocenters. The molecule has 0 fully saturated rings. The smallest absolute Gasteiger partial charge is 0.237 e. The van der Waals surface area contributed by atoms with E-state index < -0.39 is 0 Å². The summed E-state index contributed by atoms with van der Waals surface area (Å²) in [6.07, 6.45) is 0. The highest BCUT2D eigenvalue weighted by atomic mass is 15.2. The first-order valence-electron chi connectivity index (χ1n) is 35.8. The predicted molar refractivity (Wildman–Crippen MR) is 425 cm³/mol. The lowest BCUT2D eigenvalue weighted by atomic mass is 9.82. The summed E-state index contributed by atoms with van der Waals surface area (Å²) in [6.45, 7) is 14.1. The van der Waals surface area contributed by atoms with E-state index in [4.69, 9.17) is 9.97 Å². The third-order valence-electron chi connectivity index (χ3n) is 23.5. The van der Waals surface area contributed by atoms with Gasteiger partial charge < -0.3 is 4.57 Å². The summed E-state index contributed by atoms with van der Waals surface area (Å²) in [7, 11) is 0. The van der Waals surface area contributed by atoms with Crippen LogP contribution >= 0.6 is 0 Å². The van der Waals surface area contributed by atoms with Crippen LogP contribution in [0.15, 0.2) is 309 Å². The molecule has 0 aliphatic heterocycles. The molecule has 0 spiro atoms. The minimum absolute atomic E-state index is 0.0453. The molecular weight excluding hydrogens is 1240 g/mol. The molecule has 5 heteroatoms. The topological polar surface area (TPSA) is 40.6 Å². The molecule has 0 saturated heterocycles. The van der Waals surface area contributed by atoms with Crippen molar-refractivity contribution in [1.29, 1.82) is 0 Å². The fraction of sp³-hybridized carbons (Fsp3) is 0.0928. The lowest BCUT2D eigenvalue weighted by Gasteiger charge is -2.21. The minimum atomic E-state index is -0.0737. The van der Waals surface area contributed by atoms with Crippen molar-refractivity contribution in [3.8, 4) is 107 Å².